The van der Waals surface area contributed by atoms with E-state index in [1.54, 1.807) is 5.57 Å². The van der Waals surface area contributed by atoms with E-state index < -0.39 is 0 Å². The molecule has 4 aliphatic rings. The zero-order valence-electron chi connectivity index (χ0n) is 23.8. The second kappa shape index (κ2) is 10.7. The predicted octanol–water partition coefficient (Wildman–Crippen LogP) is 9.47. The third kappa shape index (κ3) is 5.06. The fourth-order valence-electron chi connectivity index (χ4n) is 9.42. The smallest absolute Gasteiger partial charge is 0.338 e. The molecule has 0 aliphatic heterocycles. The lowest BCUT2D eigenvalue weighted by atomic mass is 9.47. The molecule has 1 aromatic carbocycles. The van der Waals surface area contributed by atoms with Crippen molar-refractivity contribution in [3.63, 3.8) is 0 Å². The van der Waals surface area contributed by atoms with Crippen molar-refractivity contribution >= 4 is 17.6 Å². The summed E-state index contributed by atoms with van der Waals surface area (Å²) in [5.41, 5.74) is 3.00. The minimum Gasteiger partial charge on any atom is -0.459 e. The van der Waals surface area contributed by atoms with Crippen LogP contribution in [0.4, 0.5) is 0 Å². The highest BCUT2D eigenvalue weighted by molar-refractivity contribution is 6.22. The lowest BCUT2D eigenvalue weighted by molar-refractivity contribution is -0.0511. The molecule has 2 nitrogen and oxygen atoms in total. The molecule has 3 fully saturated rings. The molecule has 5 rings (SSSR count). The molecule has 1 aromatic rings. The van der Waals surface area contributed by atoms with Crippen LogP contribution in [0.15, 0.2) is 42.0 Å². The molecule has 0 bridgehead atoms. The van der Waals surface area contributed by atoms with Crippen molar-refractivity contribution in [2.45, 2.75) is 110 Å². The molecular formula is C34H49ClO2. The molecule has 37 heavy (non-hydrogen) atoms. The first kappa shape index (κ1) is 27.3. The SMILES string of the molecule is CC(C)CCC[C@@H](C)[C@H]1CC[C@H]2C3=C[C@H](Cl)[C@H]4CC(OC(=O)c5ccccc5)CC[C@]4(C)[C@H]3CC[C@]12C. The van der Waals surface area contributed by atoms with Gasteiger partial charge in [0, 0.05) is 0 Å². The number of hydrogen-bond acceptors (Lipinski definition) is 2. The zero-order chi connectivity index (χ0) is 26.4. The normalized spacial score (nSPS) is 39.8. The van der Waals surface area contributed by atoms with Gasteiger partial charge in [0.25, 0.3) is 0 Å². The molecule has 0 aromatic heterocycles. The van der Waals surface area contributed by atoms with E-state index in [1.165, 1.54) is 44.9 Å². The van der Waals surface area contributed by atoms with Gasteiger partial charge < -0.3 is 4.74 Å². The number of hydrogen-bond donors (Lipinski definition) is 0. The highest BCUT2D eigenvalue weighted by Gasteiger charge is 2.59. The average Bonchev–Trinajstić information content (AvgIpc) is 3.22. The fourth-order valence-corrected chi connectivity index (χ4v) is 9.95. The van der Waals surface area contributed by atoms with Crippen LogP contribution in [-0.4, -0.2) is 17.5 Å². The van der Waals surface area contributed by atoms with E-state index in [4.69, 9.17) is 16.3 Å². The van der Waals surface area contributed by atoms with Crippen molar-refractivity contribution in [2.75, 3.05) is 0 Å². The van der Waals surface area contributed by atoms with Gasteiger partial charge in [-0.1, -0.05) is 83.7 Å². The standard InChI is InChI=1S/C34H49ClO2/c1-22(2)10-9-11-23(3)27-14-15-28-26-21-31(35)30-20-25(37-32(36)24-12-7-6-8-13-24)16-18-34(30,5)29(26)17-19-33(27,28)4/h6-8,12-13,21-23,25,27-31H,9-11,14-20H2,1-5H3/t23-,25?,27-,28+,29+,30-,31+,33-,34-/m1/s1. The number of ether oxygens (including phenoxy) is 1. The minimum absolute atomic E-state index is 0.0293. The van der Waals surface area contributed by atoms with E-state index in [-0.39, 0.29) is 22.9 Å². The van der Waals surface area contributed by atoms with Crippen LogP contribution in [0.1, 0.15) is 109 Å². The lowest BCUT2D eigenvalue weighted by Gasteiger charge is -2.59. The van der Waals surface area contributed by atoms with E-state index in [0.717, 1.165) is 37.0 Å². The van der Waals surface area contributed by atoms with Gasteiger partial charge in [0.05, 0.1) is 10.9 Å². The summed E-state index contributed by atoms with van der Waals surface area (Å²) in [5, 5.41) is 0.0411. The Morgan fingerprint density at radius 1 is 0.973 bits per heavy atom. The van der Waals surface area contributed by atoms with Gasteiger partial charge >= 0.3 is 5.97 Å². The first-order chi connectivity index (χ1) is 17.6. The van der Waals surface area contributed by atoms with Gasteiger partial charge in [-0.15, -0.1) is 11.6 Å². The van der Waals surface area contributed by atoms with Crippen molar-refractivity contribution < 1.29 is 9.53 Å². The molecule has 3 saturated carbocycles. The number of carbonyl (C=O) groups excluding carboxylic acids is 1. The van der Waals surface area contributed by atoms with Crippen molar-refractivity contribution in [2.24, 2.45) is 46.3 Å². The van der Waals surface area contributed by atoms with Crippen molar-refractivity contribution in [1.29, 1.82) is 0 Å². The van der Waals surface area contributed by atoms with E-state index in [2.05, 4.69) is 40.7 Å². The second-order valence-electron chi connectivity index (χ2n) is 14.0. The van der Waals surface area contributed by atoms with Crippen LogP contribution in [0.5, 0.6) is 0 Å². The Morgan fingerprint density at radius 2 is 1.68 bits per heavy atom. The Balaban J connectivity index is 1.29. The highest BCUT2D eigenvalue weighted by Crippen LogP contribution is 2.67. The first-order valence-electron chi connectivity index (χ1n) is 15.2. The van der Waals surface area contributed by atoms with Crippen LogP contribution < -0.4 is 0 Å². The molecule has 204 valence electrons. The maximum absolute atomic E-state index is 12.7. The number of carbonyl (C=O) groups is 1. The molecule has 0 spiro atoms. The van der Waals surface area contributed by atoms with Gasteiger partial charge in [0.15, 0.2) is 0 Å². The number of halogens is 1. The number of esters is 1. The summed E-state index contributed by atoms with van der Waals surface area (Å²) < 4.78 is 6.01. The maximum Gasteiger partial charge on any atom is 0.338 e. The van der Waals surface area contributed by atoms with Crippen LogP contribution in [-0.2, 0) is 4.74 Å². The molecule has 0 amide bonds. The summed E-state index contributed by atoms with van der Waals surface area (Å²) in [6.07, 6.45) is 14.9. The zero-order valence-corrected chi connectivity index (χ0v) is 24.6. The lowest BCUT2D eigenvalue weighted by Crippen LogP contribution is -2.53. The number of benzene rings is 1. The van der Waals surface area contributed by atoms with Gasteiger partial charge in [-0.25, -0.2) is 4.79 Å². The van der Waals surface area contributed by atoms with Gasteiger partial charge in [0.2, 0.25) is 0 Å². The van der Waals surface area contributed by atoms with E-state index in [0.29, 0.717) is 28.7 Å². The molecule has 9 atom stereocenters. The fraction of sp³-hybridized carbons (Fsp3) is 0.735. The van der Waals surface area contributed by atoms with Crippen molar-refractivity contribution in [3.05, 3.63) is 47.5 Å². The summed E-state index contributed by atoms with van der Waals surface area (Å²) >= 11 is 7.23. The van der Waals surface area contributed by atoms with Gasteiger partial charge in [-0.05, 0) is 103 Å². The molecule has 0 radical (unpaired) electrons. The summed E-state index contributed by atoms with van der Waals surface area (Å²) in [7, 11) is 0. The number of allylic oxidation sites excluding steroid dienone is 2. The maximum atomic E-state index is 12.7. The van der Waals surface area contributed by atoms with E-state index in [9.17, 15) is 4.79 Å². The topological polar surface area (TPSA) is 26.3 Å². The predicted molar refractivity (Wildman–Crippen MR) is 154 cm³/mol. The van der Waals surface area contributed by atoms with E-state index >= 15 is 0 Å². The van der Waals surface area contributed by atoms with Crippen molar-refractivity contribution in [1.82, 2.24) is 0 Å². The Kier molecular flexibility index (Phi) is 7.90. The second-order valence-corrected chi connectivity index (χ2v) is 14.5. The van der Waals surface area contributed by atoms with Crippen LogP contribution in [0.25, 0.3) is 0 Å². The summed E-state index contributed by atoms with van der Waals surface area (Å²) in [4.78, 5) is 12.7. The van der Waals surface area contributed by atoms with Crippen LogP contribution in [0.3, 0.4) is 0 Å². The molecule has 1 unspecified atom stereocenters. The van der Waals surface area contributed by atoms with Crippen molar-refractivity contribution in [3.8, 4) is 0 Å². The van der Waals surface area contributed by atoms with Crippen LogP contribution in [0, 0.1) is 46.3 Å². The Labute approximate surface area is 231 Å². The third-order valence-electron chi connectivity index (χ3n) is 11.5. The summed E-state index contributed by atoms with van der Waals surface area (Å²) in [5.74, 6) is 4.01. The largest absolute Gasteiger partial charge is 0.459 e. The van der Waals surface area contributed by atoms with Gasteiger partial charge in [-0.3, -0.25) is 0 Å². The van der Waals surface area contributed by atoms with Crippen LogP contribution >= 0.6 is 11.6 Å². The first-order valence-corrected chi connectivity index (χ1v) is 15.7. The summed E-state index contributed by atoms with van der Waals surface area (Å²) in [6, 6.07) is 9.41. The molecular weight excluding hydrogens is 476 g/mol. The third-order valence-corrected chi connectivity index (χ3v) is 11.9. The van der Waals surface area contributed by atoms with Crippen LogP contribution in [0.2, 0.25) is 0 Å². The molecule has 4 aliphatic carbocycles. The number of fused-ring (bicyclic) bond motifs is 5. The van der Waals surface area contributed by atoms with Gasteiger partial charge in [-0.2, -0.15) is 0 Å². The monoisotopic (exact) mass is 524 g/mol. The van der Waals surface area contributed by atoms with Gasteiger partial charge in [0.1, 0.15) is 6.10 Å². The Bertz CT molecular complexity index is 985. The summed E-state index contributed by atoms with van der Waals surface area (Å²) in [6.45, 7) is 12.4. The quantitative estimate of drug-likeness (QED) is 0.201. The number of alkyl halides is 1. The minimum atomic E-state index is -0.194. The molecule has 3 heteroatoms. The number of rotatable bonds is 7. The molecule has 0 N–H and O–H groups in total. The molecule has 0 saturated heterocycles. The Hall–Kier alpha value is -1.28. The average molecular weight is 525 g/mol. The molecule has 0 heterocycles. The Morgan fingerprint density at radius 3 is 2.41 bits per heavy atom. The highest BCUT2D eigenvalue weighted by atomic mass is 35.5. The van der Waals surface area contributed by atoms with E-state index in [1.807, 2.05) is 30.3 Å².